The van der Waals surface area contributed by atoms with Crippen molar-refractivity contribution in [3.63, 3.8) is 0 Å². The van der Waals surface area contributed by atoms with Crippen LogP contribution in [0.1, 0.15) is 36.8 Å². The maximum absolute atomic E-state index is 12.8. The summed E-state index contributed by atoms with van der Waals surface area (Å²) >= 11 is 0. The van der Waals surface area contributed by atoms with Gasteiger partial charge in [-0.05, 0) is 32.9 Å². The average molecular weight is 358 g/mol. The molecule has 0 saturated carbocycles. The minimum atomic E-state index is -0.0547. The molecule has 0 N–H and O–H groups in total. The van der Waals surface area contributed by atoms with E-state index < -0.39 is 0 Å². The number of aryl methyl sites for hydroxylation is 1. The Labute approximate surface area is 153 Å². The van der Waals surface area contributed by atoms with E-state index in [4.69, 9.17) is 4.74 Å². The number of anilines is 1. The van der Waals surface area contributed by atoms with Crippen LogP contribution in [0.3, 0.4) is 0 Å². The van der Waals surface area contributed by atoms with E-state index in [1.165, 1.54) is 0 Å². The number of carbonyl (C=O) groups is 1. The minimum Gasteiger partial charge on any atom is -0.372 e. The molecule has 3 rings (SSSR count). The maximum atomic E-state index is 12.8. The molecular weight excluding hydrogens is 332 g/mol. The molecule has 2 aromatic rings. The third-order valence-corrected chi connectivity index (χ3v) is 4.41. The molecule has 140 valence electrons. The van der Waals surface area contributed by atoms with Gasteiger partial charge < -0.3 is 14.5 Å². The Kier molecular flexibility index (Phi) is 5.51. The summed E-state index contributed by atoms with van der Waals surface area (Å²) in [6.45, 7) is 8.71. The van der Waals surface area contributed by atoms with E-state index >= 15 is 0 Å². The van der Waals surface area contributed by atoms with Gasteiger partial charge in [0.05, 0.1) is 24.3 Å². The molecule has 8 nitrogen and oxygen atoms in total. The lowest BCUT2D eigenvalue weighted by atomic mass is 10.2. The lowest BCUT2D eigenvalue weighted by molar-refractivity contribution is -0.00546. The first kappa shape index (κ1) is 18.3. The van der Waals surface area contributed by atoms with Crippen LogP contribution in [0.4, 0.5) is 5.82 Å². The summed E-state index contributed by atoms with van der Waals surface area (Å²) < 4.78 is 7.39. The molecule has 2 unspecified atom stereocenters. The number of carbonyl (C=O) groups excluding carboxylic acids is 1. The van der Waals surface area contributed by atoms with Crippen LogP contribution >= 0.6 is 0 Å². The molecule has 2 atom stereocenters. The highest BCUT2D eigenvalue weighted by atomic mass is 16.5. The summed E-state index contributed by atoms with van der Waals surface area (Å²) in [4.78, 5) is 21.2. The standard InChI is InChI=1S/C18H26N6O2/c1-5-23(12-16-11-22(4)21-20-16)18(25)15-6-7-17(19-8-15)24-9-13(2)26-14(3)10-24/h6-8,11,13-14H,5,9-10,12H2,1-4H3. The Morgan fingerprint density at radius 2 is 2.04 bits per heavy atom. The molecule has 2 aromatic heterocycles. The molecule has 1 aliphatic heterocycles. The third kappa shape index (κ3) is 4.19. The van der Waals surface area contributed by atoms with E-state index in [0.29, 0.717) is 18.7 Å². The zero-order chi connectivity index (χ0) is 18.7. The van der Waals surface area contributed by atoms with Crippen LogP contribution < -0.4 is 4.90 Å². The molecule has 0 aromatic carbocycles. The number of amides is 1. The van der Waals surface area contributed by atoms with Crippen LogP contribution in [0.15, 0.2) is 24.5 Å². The van der Waals surface area contributed by atoms with Crippen LogP contribution in [0.25, 0.3) is 0 Å². The molecule has 1 saturated heterocycles. The highest BCUT2D eigenvalue weighted by molar-refractivity contribution is 5.94. The predicted octanol–water partition coefficient (Wildman–Crippen LogP) is 1.49. The molecule has 26 heavy (non-hydrogen) atoms. The summed E-state index contributed by atoms with van der Waals surface area (Å²) in [7, 11) is 1.81. The van der Waals surface area contributed by atoms with Gasteiger partial charge >= 0.3 is 0 Å². The quantitative estimate of drug-likeness (QED) is 0.806. The molecule has 1 aliphatic rings. The topological polar surface area (TPSA) is 76.4 Å². The SMILES string of the molecule is CCN(Cc1cn(C)nn1)C(=O)c1ccc(N2CC(C)OC(C)C2)nc1. The van der Waals surface area contributed by atoms with Gasteiger partial charge in [0.25, 0.3) is 5.91 Å². The molecule has 0 spiro atoms. The van der Waals surface area contributed by atoms with Crippen LogP contribution in [0.2, 0.25) is 0 Å². The van der Waals surface area contributed by atoms with E-state index in [2.05, 4.69) is 34.0 Å². The Hall–Kier alpha value is -2.48. The highest BCUT2D eigenvalue weighted by Gasteiger charge is 2.23. The molecule has 1 amide bonds. The monoisotopic (exact) mass is 358 g/mol. The van der Waals surface area contributed by atoms with E-state index in [0.717, 1.165) is 24.6 Å². The smallest absolute Gasteiger partial charge is 0.255 e. The number of ether oxygens (including phenoxy) is 1. The first-order valence-electron chi connectivity index (χ1n) is 8.97. The number of nitrogens with zero attached hydrogens (tertiary/aromatic N) is 6. The van der Waals surface area contributed by atoms with Crippen LogP contribution in [0.5, 0.6) is 0 Å². The number of hydrogen-bond acceptors (Lipinski definition) is 6. The maximum Gasteiger partial charge on any atom is 0.255 e. The number of morpholine rings is 1. The Morgan fingerprint density at radius 3 is 2.58 bits per heavy atom. The van der Waals surface area contributed by atoms with Crippen LogP contribution in [-0.2, 0) is 18.3 Å². The largest absolute Gasteiger partial charge is 0.372 e. The lowest BCUT2D eigenvalue weighted by Gasteiger charge is -2.36. The molecule has 0 bridgehead atoms. The van der Waals surface area contributed by atoms with Gasteiger partial charge in [-0.15, -0.1) is 5.10 Å². The van der Waals surface area contributed by atoms with Gasteiger partial charge in [0, 0.05) is 39.1 Å². The van der Waals surface area contributed by atoms with Crippen molar-refractivity contribution in [2.45, 2.75) is 39.5 Å². The zero-order valence-corrected chi connectivity index (χ0v) is 15.8. The van der Waals surface area contributed by atoms with Crippen molar-refractivity contribution < 1.29 is 9.53 Å². The first-order valence-corrected chi connectivity index (χ1v) is 8.97. The minimum absolute atomic E-state index is 0.0547. The Balaban J connectivity index is 1.69. The van der Waals surface area contributed by atoms with Crippen molar-refractivity contribution in [1.82, 2.24) is 24.9 Å². The molecule has 8 heteroatoms. The number of hydrogen-bond donors (Lipinski definition) is 0. The number of pyridine rings is 1. The van der Waals surface area contributed by atoms with Crippen molar-refractivity contribution >= 4 is 11.7 Å². The third-order valence-electron chi connectivity index (χ3n) is 4.41. The summed E-state index contributed by atoms with van der Waals surface area (Å²) in [5.74, 6) is 0.821. The van der Waals surface area contributed by atoms with Gasteiger partial charge in [0.2, 0.25) is 0 Å². The number of aromatic nitrogens is 4. The molecule has 3 heterocycles. The summed E-state index contributed by atoms with van der Waals surface area (Å²) in [5.41, 5.74) is 1.34. The average Bonchev–Trinajstić information content (AvgIpc) is 3.03. The van der Waals surface area contributed by atoms with Gasteiger partial charge in [0.1, 0.15) is 11.5 Å². The van der Waals surface area contributed by atoms with Crippen molar-refractivity contribution in [3.05, 3.63) is 35.8 Å². The fourth-order valence-corrected chi connectivity index (χ4v) is 3.24. The van der Waals surface area contributed by atoms with E-state index in [-0.39, 0.29) is 18.1 Å². The van der Waals surface area contributed by atoms with Crippen LogP contribution in [0, 0.1) is 0 Å². The molecular formula is C18H26N6O2. The van der Waals surface area contributed by atoms with Gasteiger partial charge in [-0.2, -0.15) is 0 Å². The van der Waals surface area contributed by atoms with E-state index in [9.17, 15) is 4.79 Å². The normalized spacial score (nSPS) is 20.2. The molecule has 0 radical (unpaired) electrons. The van der Waals surface area contributed by atoms with E-state index in [1.54, 1.807) is 15.8 Å². The Morgan fingerprint density at radius 1 is 1.31 bits per heavy atom. The number of rotatable bonds is 5. The van der Waals surface area contributed by atoms with Gasteiger partial charge in [-0.3, -0.25) is 9.48 Å². The second-order valence-electron chi connectivity index (χ2n) is 6.77. The summed E-state index contributed by atoms with van der Waals surface area (Å²) in [6, 6.07) is 3.75. The second kappa shape index (κ2) is 7.82. The first-order chi connectivity index (χ1) is 12.5. The predicted molar refractivity (Wildman–Crippen MR) is 97.9 cm³/mol. The van der Waals surface area contributed by atoms with Crippen molar-refractivity contribution in [3.8, 4) is 0 Å². The second-order valence-corrected chi connectivity index (χ2v) is 6.77. The fourth-order valence-electron chi connectivity index (χ4n) is 3.24. The van der Waals surface area contributed by atoms with Crippen molar-refractivity contribution in [2.75, 3.05) is 24.5 Å². The molecule has 1 fully saturated rings. The van der Waals surface area contributed by atoms with E-state index in [1.807, 2.05) is 32.3 Å². The molecule has 0 aliphatic carbocycles. The van der Waals surface area contributed by atoms with Gasteiger partial charge in [-0.1, -0.05) is 5.21 Å². The van der Waals surface area contributed by atoms with Gasteiger partial charge in [0.15, 0.2) is 0 Å². The summed E-state index contributed by atoms with van der Waals surface area (Å²) in [5, 5.41) is 7.97. The summed E-state index contributed by atoms with van der Waals surface area (Å²) in [6.07, 6.45) is 3.81. The highest BCUT2D eigenvalue weighted by Crippen LogP contribution is 2.19. The van der Waals surface area contributed by atoms with Crippen molar-refractivity contribution in [1.29, 1.82) is 0 Å². The fraction of sp³-hybridized carbons (Fsp3) is 0.556. The van der Waals surface area contributed by atoms with Gasteiger partial charge in [-0.25, -0.2) is 4.98 Å². The Bertz CT molecular complexity index is 734. The zero-order valence-electron chi connectivity index (χ0n) is 15.8. The van der Waals surface area contributed by atoms with Crippen LogP contribution in [-0.4, -0.2) is 62.6 Å². The van der Waals surface area contributed by atoms with Crippen molar-refractivity contribution in [2.24, 2.45) is 7.05 Å². The lowest BCUT2D eigenvalue weighted by Crippen LogP contribution is -2.45.